The highest BCUT2D eigenvalue weighted by molar-refractivity contribution is 6.03. The molecule has 0 bridgehead atoms. The lowest BCUT2D eigenvalue weighted by Crippen LogP contribution is -2.46. The summed E-state index contributed by atoms with van der Waals surface area (Å²) in [5.74, 6) is 0.107. The maximum Gasteiger partial charge on any atom is 0.240 e. The molecule has 0 spiro atoms. The molecule has 2 N–H and O–H groups in total. The van der Waals surface area contributed by atoms with E-state index in [4.69, 9.17) is 5.73 Å². The van der Waals surface area contributed by atoms with Crippen LogP contribution in [0.1, 0.15) is 37.7 Å². The van der Waals surface area contributed by atoms with Crippen molar-refractivity contribution in [1.29, 1.82) is 0 Å². The van der Waals surface area contributed by atoms with E-state index >= 15 is 0 Å². The fourth-order valence-electron chi connectivity index (χ4n) is 3.48. The molecule has 0 aromatic heterocycles. The van der Waals surface area contributed by atoms with Crippen molar-refractivity contribution in [1.82, 2.24) is 0 Å². The van der Waals surface area contributed by atoms with Crippen LogP contribution in [0, 0.1) is 5.92 Å². The minimum absolute atomic E-state index is 0.0469. The highest BCUT2D eigenvalue weighted by Crippen LogP contribution is 2.35. The summed E-state index contributed by atoms with van der Waals surface area (Å²) in [5, 5.41) is 0. The predicted octanol–water partition coefficient (Wildman–Crippen LogP) is 2.01. The monoisotopic (exact) mass is 272 g/mol. The number of carbonyl (C=O) groups is 2. The second-order valence-electron chi connectivity index (χ2n) is 5.87. The molecule has 0 saturated heterocycles. The van der Waals surface area contributed by atoms with Gasteiger partial charge >= 0.3 is 0 Å². The molecule has 20 heavy (non-hydrogen) atoms. The van der Waals surface area contributed by atoms with Crippen LogP contribution in [-0.2, 0) is 16.0 Å². The molecular formula is C16H20N2O2. The van der Waals surface area contributed by atoms with Crippen molar-refractivity contribution >= 4 is 17.5 Å². The standard InChI is InChI=1S/C16H20N2O2/c17-16(20)14-10-12-7-3-4-8-13(12)18(14)15(19)9-11-5-1-2-6-11/h3-4,7-8,11,14H,1-2,5-6,9-10H2,(H2,17,20)/t14-/m1/s1. The molecule has 1 fully saturated rings. The molecule has 1 aromatic rings. The Hall–Kier alpha value is -1.84. The molecule has 0 radical (unpaired) electrons. The average Bonchev–Trinajstić information content (AvgIpc) is 3.04. The largest absolute Gasteiger partial charge is 0.368 e. The Morgan fingerprint density at radius 1 is 1.20 bits per heavy atom. The van der Waals surface area contributed by atoms with Crippen molar-refractivity contribution in [3.8, 4) is 0 Å². The minimum Gasteiger partial charge on any atom is -0.368 e. The first-order valence-corrected chi connectivity index (χ1v) is 7.36. The predicted molar refractivity (Wildman–Crippen MR) is 77.2 cm³/mol. The van der Waals surface area contributed by atoms with Gasteiger partial charge in [-0.15, -0.1) is 0 Å². The first-order chi connectivity index (χ1) is 9.66. The second-order valence-corrected chi connectivity index (χ2v) is 5.87. The lowest BCUT2D eigenvalue weighted by atomic mass is 10.0. The van der Waals surface area contributed by atoms with Gasteiger partial charge in [-0.2, -0.15) is 0 Å². The molecular weight excluding hydrogens is 252 g/mol. The zero-order chi connectivity index (χ0) is 14.1. The van der Waals surface area contributed by atoms with E-state index in [1.807, 2.05) is 24.3 Å². The molecule has 2 amide bonds. The smallest absolute Gasteiger partial charge is 0.240 e. The summed E-state index contributed by atoms with van der Waals surface area (Å²) in [7, 11) is 0. The Morgan fingerprint density at radius 3 is 2.60 bits per heavy atom. The molecule has 106 valence electrons. The van der Waals surface area contributed by atoms with Crippen molar-refractivity contribution in [3.63, 3.8) is 0 Å². The van der Waals surface area contributed by atoms with E-state index in [1.165, 1.54) is 12.8 Å². The quantitative estimate of drug-likeness (QED) is 0.914. The summed E-state index contributed by atoms with van der Waals surface area (Å²) in [5.41, 5.74) is 7.38. The molecule has 1 heterocycles. The summed E-state index contributed by atoms with van der Waals surface area (Å²) in [6, 6.07) is 7.19. The van der Waals surface area contributed by atoms with Gasteiger partial charge < -0.3 is 5.73 Å². The number of hydrogen-bond acceptors (Lipinski definition) is 2. The van der Waals surface area contributed by atoms with Crippen LogP contribution in [0.15, 0.2) is 24.3 Å². The third-order valence-corrected chi connectivity index (χ3v) is 4.51. The first kappa shape index (κ1) is 13.2. The van der Waals surface area contributed by atoms with Gasteiger partial charge in [0.2, 0.25) is 11.8 Å². The number of nitrogens with zero attached hydrogens (tertiary/aromatic N) is 1. The molecule has 1 aliphatic carbocycles. The molecule has 1 aliphatic heterocycles. The number of para-hydroxylation sites is 1. The minimum atomic E-state index is -0.513. The topological polar surface area (TPSA) is 63.4 Å². The SMILES string of the molecule is NC(=O)[C@H]1Cc2ccccc2N1C(=O)CC1CCCC1. The van der Waals surface area contributed by atoms with Crippen LogP contribution in [0.25, 0.3) is 0 Å². The zero-order valence-corrected chi connectivity index (χ0v) is 11.5. The highest BCUT2D eigenvalue weighted by atomic mass is 16.2. The summed E-state index contributed by atoms with van der Waals surface area (Å²) < 4.78 is 0. The molecule has 4 nitrogen and oxygen atoms in total. The Bertz CT molecular complexity index is 535. The number of carbonyl (C=O) groups excluding carboxylic acids is 2. The highest BCUT2D eigenvalue weighted by Gasteiger charge is 2.37. The lowest BCUT2D eigenvalue weighted by molar-refractivity contribution is -0.124. The number of anilines is 1. The molecule has 0 unspecified atom stereocenters. The van der Waals surface area contributed by atoms with Crippen molar-refractivity contribution in [3.05, 3.63) is 29.8 Å². The van der Waals surface area contributed by atoms with Gasteiger partial charge in [0, 0.05) is 18.5 Å². The van der Waals surface area contributed by atoms with Gasteiger partial charge in [0.15, 0.2) is 0 Å². The van der Waals surface area contributed by atoms with E-state index in [-0.39, 0.29) is 5.91 Å². The summed E-state index contributed by atoms with van der Waals surface area (Å²) in [4.78, 5) is 25.9. The van der Waals surface area contributed by atoms with E-state index in [0.29, 0.717) is 18.8 Å². The van der Waals surface area contributed by atoms with Crippen molar-refractivity contribution in [2.24, 2.45) is 11.7 Å². The van der Waals surface area contributed by atoms with E-state index in [2.05, 4.69) is 0 Å². The maximum atomic E-state index is 12.6. The van der Waals surface area contributed by atoms with Crippen LogP contribution in [0.2, 0.25) is 0 Å². The van der Waals surface area contributed by atoms with Gasteiger partial charge in [0.25, 0.3) is 0 Å². The lowest BCUT2D eigenvalue weighted by Gasteiger charge is -2.24. The summed E-state index contributed by atoms with van der Waals surface area (Å²) in [6.07, 6.45) is 5.77. The Labute approximate surface area is 118 Å². The summed E-state index contributed by atoms with van der Waals surface area (Å²) >= 11 is 0. The molecule has 2 aliphatic rings. The maximum absolute atomic E-state index is 12.6. The van der Waals surface area contributed by atoms with Crippen LogP contribution < -0.4 is 10.6 Å². The molecule has 1 atom stereocenters. The fraction of sp³-hybridized carbons (Fsp3) is 0.500. The Balaban J connectivity index is 1.84. The van der Waals surface area contributed by atoms with Crippen LogP contribution in [0.4, 0.5) is 5.69 Å². The number of fused-ring (bicyclic) bond motifs is 1. The number of benzene rings is 1. The third kappa shape index (κ3) is 2.30. The second kappa shape index (κ2) is 5.27. The van der Waals surface area contributed by atoms with Gasteiger partial charge in [-0.3, -0.25) is 14.5 Å². The number of primary amides is 1. The van der Waals surface area contributed by atoms with Crippen molar-refractivity contribution in [2.45, 2.75) is 44.6 Å². The van der Waals surface area contributed by atoms with Gasteiger partial charge in [0.1, 0.15) is 6.04 Å². The first-order valence-electron chi connectivity index (χ1n) is 7.36. The Kier molecular flexibility index (Phi) is 3.47. The normalized spacial score (nSPS) is 22.0. The molecule has 1 saturated carbocycles. The number of hydrogen-bond donors (Lipinski definition) is 1. The molecule has 3 rings (SSSR count). The van der Waals surface area contributed by atoms with Crippen LogP contribution in [0.3, 0.4) is 0 Å². The van der Waals surface area contributed by atoms with E-state index in [9.17, 15) is 9.59 Å². The van der Waals surface area contributed by atoms with E-state index < -0.39 is 11.9 Å². The van der Waals surface area contributed by atoms with Gasteiger partial charge in [-0.25, -0.2) is 0 Å². The average molecular weight is 272 g/mol. The Morgan fingerprint density at radius 2 is 1.90 bits per heavy atom. The number of rotatable bonds is 3. The van der Waals surface area contributed by atoms with Crippen LogP contribution in [-0.4, -0.2) is 17.9 Å². The van der Waals surface area contributed by atoms with E-state index in [1.54, 1.807) is 4.90 Å². The van der Waals surface area contributed by atoms with Crippen LogP contribution >= 0.6 is 0 Å². The van der Waals surface area contributed by atoms with E-state index in [0.717, 1.165) is 24.1 Å². The van der Waals surface area contributed by atoms with Crippen LogP contribution in [0.5, 0.6) is 0 Å². The van der Waals surface area contributed by atoms with Gasteiger partial charge in [-0.05, 0) is 30.4 Å². The third-order valence-electron chi connectivity index (χ3n) is 4.51. The van der Waals surface area contributed by atoms with Gasteiger partial charge in [-0.1, -0.05) is 31.0 Å². The summed E-state index contributed by atoms with van der Waals surface area (Å²) in [6.45, 7) is 0. The zero-order valence-electron chi connectivity index (χ0n) is 11.5. The van der Waals surface area contributed by atoms with Crippen molar-refractivity contribution < 1.29 is 9.59 Å². The number of nitrogens with two attached hydrogens (primary N) is 1. The van der Waals surface area contributed by atoms with Crippen molar-refractivity contribution in [2.75, 3.05) is 4.90 Å². The fourth-order valence-corrected chi connectivity index (χ4v) is 3.48. The molecule has 1 aromatic carbocycles. The number of amides is 2. The van der Waals surface area contributed by atoms with Gasteiger partial charge in [0.05, 0.1) is 0 Å². The molecule has 4 heteroatoms.